The highest BCUT2D eigenvalue weighted by Crippen LogP contribution is 2.35. The molecule has 1 atom stereocenters. The van der Waals surface area contributed by atoms with Gasteiger partial charge in [0.05, 0.1) is 5.41 Å². The Kier molecular flexibility index (Phi) is 5.13. The van der Waals surface area contributed by atoms with Crippen molar-refractivity contribution >= 4 is 17.2 Å². The zero-order chi connectivity index (χ0) is 16.1. The van der Waals surface area contributed by atoms with Crippen LogP contribution in [0.25, 0.3) is 0 Å². The Bertz CT molecular complexity index is 618. The molecule has 3 nitrogen and oxygen atoms in total. The van der Waals surface area contributed by atoms with E-state index >= 15 is 0 Å². The summed E-state index contributed by atoms with van der Waals surface area (Å²) in [5, 5.41) is 5.32. The number of carbonyl (C=O) groups is 1. The maximum atomic E-state index is 13.1. The molecule has 4 heteroatoms. The van der Waals surface area contributed by atoms with E-state index in [4.69, 9.17) is 4.74 Å². The number of hydrogen-bond donors (Lipinski definition) is 1. The largest absolute Gasteiger partial charge is 0.381 e. The van der Waals surface area contributed by atoms with Crippen molar-refractivity contribution in [3.05, 3.63) is 58.3 Å². The van der Waals surface area contributed by atoms with Crippen molar-refractivity contribution in [2.75, 3.05) is 13.2 Å². The Morgan fingerprint density at radius 2 is 1.96 bits per heavy atom. The second-order valence-corrected chi connectivity index (χ2v) is 7.25. The first kappa shape index (κ1) is 16.2. The summed E-state index contributed by atoms with van der Waals surface area (Å²) in [6, 6.07) is 14.4. The average Bonchev–Trinajstić information content (AvgIpc) is 3.09. The number of thiophene rings is 1. The number of hydrogen-bond acceptors (Lipinski definition) is 3. The highest BCUT2D eigenvalue weighted by Gasteiger charge is 2.41. The minimum absolute atomic E-state index is 0.129. The fourth-order valence-electron chi connectivity index (χ4n) is 3.27. The van der Waals surface area contributed by atoms with Crippen molar-refractivity contribution in [3.63, 3.8) is 0 Å². The van der Waals surface area contributed by atoms with Crippen LogP contribution in [0, 0.1) is 0 Å². The third kappa shape index (κ3) is 3.65. The standard InChI is InChI=1S/C19H23NO2S/c1-15(14-17-8-5-13-23-17)20-18(21)19(9-11-22-12-10-19)16-6-3-2-4-7-16/h2-8,13,15H,9-12,14H2,1H3,(H,20,21)/t15-/m1/s1. The molecule has 2 heterocycles. The van der Waals surface area contributed by atoms with E-state index in [1.807, 2.05) is 18.2 Å². The van der Waals surface area contributed by atoms with Crippen molar-refractivity contribution in [1.82, 2.24) is 5.32 Å². The van der Waals surface area contributed by atoms with Crippen LogP contribution >= 0.6 is 11.3 Å². The molecule has 0 bridgehead atoms. The van der Waals surface area contributed by atoms with E-state index in [-0.39, 0.29) is 11.9 Å². The summed E-state index contributed by atoms with van der Waals surface area (Å²) < 4.78 is 5.51. The lowest BCUT2D eigenvalue weighted by Gasteiger charge is -2.37. The molecule has 1 aliphatic heterocycles. The molecule has 0 spiro atoms. The highest BCUT2D eigenvalue weighted by molar-refractivity contribution is 7.09. The van der Waals surface area contributed by atoms with Crippen LogP contribution in [0.2, 0.25) is 0 Å². The highest BCUT2D eigenvalue weighted by atomic mass is 32.1. The predicted octanol–water partition coefficient (Wildman–Crippen LogP) is 3.54. The summed E-state index contributed by atoms with van der Waals surface area (Å²) in [6.45, 7) is 3.36. The first-order chi connectivity index (χ1) is 11.2. The first-order valence-electron chi connectivity index (χ1n) is 8.17. The van der Waals surface area contributed by atoms with Gasteiger partial charge in [0.2, 0.25) is 5.91 Å². The van der Waals surface area contributed by atoms with Crippen molar-refractivity contribution in [3.8, 4) is 0 Å². The molecule has 0 unspecified atom stereocenters. The van der Waals surface area contributed by atoms with Gasteiger partial charge in [-0.2, -0.15) is 0 Å². The summed E-state index contributed by atoms with van der Waals surface area (Å²) in [5.74, 6) is 0.135. The van der Waals surface area contributed by atoms with E-state index in [9.17, 15) is 4.79 Å². The molecule has 1 aromatic carbocycles. The SMILES string of the molecule is C[C@H](Cc1cccs1)NC(=O)C1(c2ccccc2)CCOCC1. The van der Waals surface area contributed by atoms with Gasteiger partial charge < -0.3 is 10.1 Å². The second kappa shape index (κ2) is 7.28. The number of rotatable bonds is 5. The van der Waals surface area contributed by atoms with Gasteiger partial charge in [0.1, 0.15) is 0 Å². The van der Waals surface area contributed by atoms with E-state index in [0.717, 1.165) is 24.8 Å². The number of amides is 1. The second-order valence-electron chi connectivity index (χ2n) is 6.22. The van der Waals surface area contributed by atoms with Crippen LogP contribution in [0.3, 0.4) is 0 Å². The third-order valence-electron chi connectivity index (χ3n) is 4.57. The Hall–Kier alpha value is -1.65. The normalized spacial score (nSPS) is 18.3. The van der Waals surface area contributed by atoms with Crippen molar-refractivity contribution in [1.29, 1.82) is 0 Å². The van der Waals surface area contributed by atoms with Crippen LogP contribution in [-0.4, -0.2) is 25.2 Å². The van der Waals surface area contributed by atoms with E-state index in [2.05, 4.69) is 41.9 Å². The van der Waals surface area contributed by atoms with Gasteiger partial charge in [-0.15, -0.1) is 11.3 Å². The average molecular weight is 329 g/mol. The summed E-state index contributed by atoms with van der Waals surface area (Å²) in [7, 11) is 0. The Morgan fingerprint density at radius 1 is 1.22 bits per heavy atom. The Labute approximate surface area is 141 Å². The van der Waals surface area contributed by atoms with Crippen LogP contribution in [0.4, 0.5) is 0 Å². The Balaban J connectivity index is 1.75. The lowest BCUT2D eigenvalue weighted by Crippen LogP contribution is -2.50. The summed E-state index contributed by atoms with van der Waals surface area (Å²) in [6.07, 6.45) is 2.37. The summed E-state index contributed by atoms with van der Waals surface area (Å²) in [4.78, 5) is 14.4. The fraction of sp³-hybridized carbons (Fsp3) is 0.421. The molecule has 0 radical (unpaired) electrons. The molecular formula is C19H23NO2S. The van der Waals surface area contributed by atoms with Crippen LogP contribution < -0.4 is 5.32 Å². The summed E-state index contributed by atoms with van der Waals surface area (Å²) >= 11 is 1.74. The summed E-state index contributed by atoms with van der Waals surface area (Å²) in [5.41, 5.74) is 0.646. The first-order valence-corrected chi connectivity index (χ1v) is 9.05. The van der Waals surface area contributed by atoms with E-state index < -0.39 is 5.41 Å². The van der Waals surface area contributed by atoms with Crippen molar-refractivity contribution in [2.45, 2.75) is 37.6 Å². The molecule has 1 fully saturated rings. The fourth-order valence-corrected chi connectivity index (χ4v) is 4.10. The molecule has 1 N–H and O–H groups in total. The Morgan fingerprint density at radius 3 is 2.61 bits per heavy atom. The maximum absolute atomic E-state index is 13.1. The lowest BCUT2D eigenvalue weighted by molar-refractivity contribution is -0.131. The van der Waals surface area contributed by atoms with Crippen molar-refractivity contribution in [2.24, 2.45) is 0 Å². The third-order valence-corrected chi connectivity index (χ3v) is 5.47. The van der Waals surface area contributed by atoms with Gasteiger partial charge >= 0.3 is 0 Å². The molecule has 1 amide bonds. The van der Waals surface area contributed by atoms with Crippen LogP contribution in [-0.2, 0) is 21.4 Å². The topological polar surface area (TPSA) is 38.3 Å². The van der Waals surface area contributed by atoms with E-state index in [1.165, 1.54) is 4.88 Å². The number of carbonyl (C=O) groups excluding carboxylic acids is 1. The van der Waals surface area contributed by atoms with Crippen molar-refractivity contribution < 1.29 is 9.53 Å². The lowest BCUT2D eigenvalue weighted by atomic mass is 9.73. The van der Waals surface area contributed by atoms with Crippen LogP contribution in [0.1, 0.15) is 30.2 Å². The molecule has 2 aromatic rings. The monoisotopic (exact) mass is 329 g/mol. The smallest absolute Gasteiger partial charge is 0.231 e. The van der Waals surface area contributed by atoms with Crippen LogP contribution in [0.15, 0.2) is 47.8 Å². The van der Waals surface area contributed by atoms with Gasteiger partial charge in [-0.25, -0.2) is 0 Å². The molecular weight excluding hydrogens is 306 g/mol. The quantitative estimate of drug-likeness (QED) is 0.911. The van der Waals surface area contributed by atoms with E-state index in [0.29, 0.717) is 13.2 Å². The molecule has 0 saturated carbocycles. The van der Waals surface area contributed by atoms with Crippen LogP contribution in [0.5, 0.6) is 0 Å². The molecule has 1 saturated heterocycles. The van der Waals surface area contributed by atoms with Gasteiger partial charge in [-0.1, -0.05) is 36.4 Å². The number of ether oxygens (including phenoxy) is 1. The van der Waals surface area contributed by atoms with Gasteiger partial charge in [-0.05, 0) is 36.8 Å². The van der Waals surface area contributed by atoms with E-state index in [1.54, 1.807) is 11.3 Å². The number of benzene rings is 1. The molecule has 1 aromatic heterocycles. The van der Waals surface area contributed by atoms with Gasteiger partial charge in [0, 0.05) is 30.6 Å². The molecule has 0 aliphatic carbocycles. The maximum Gasteiger partial charge on any atom is 0.231 e. The minimum atomic E-state index is -0.455. The molecule has 122 valence electrons. The molecule has 1 aliphatic rings. The van der Waals surface area contributed by atoms with Gasteiger partial charge in [0.15, 0.2) is 0 Å². The zero-order valence-electron chi connectivity index (χ0n) is 13.5. The number of nitrogens with one attached hydrogen (secondary N) is 1. The predicted molar refractivity (Wildman–Crippen MR) is 93.8 cm³/mol. The van der Waals surface area contributed by atoms with Gasteiger partial charge in [-0.3, -0.25) is 4.79 Å². The molecule has 23 heavy (non-hydrogen) atoms. The molecule has 3 rings (SSSR count). The van der Waals surface area contributed by atoms with Gasteiger partial charge in [0.25, 0.3) is 0 Å². The minimum Gasteiger partial charge on any atom is -0.381 e. The zero-order valence-corrected chi connectivity index (χ0v) is 14.3.